The van der Waals surface area contributed by atoms with Crippen LogP contribution in [0.25, 0.3) is 11.1 Å². The summed E-state index contributed by atoms with van der Waals surface area (Å²) in [5.41, 5.74) is 5.49. The van der Waals surface area contributed by atoms with E-state index in [1.165, 1.54) is 0 Å². The average Bonchev–Trinajstić information content (AvgIpc) is 2.46. The van der Waals surface area contributed by atoms with Crippen LogP contribution >= 0.6 is 0 Å². The van der Waals surface area contributed by atoms with Gasteiger partial charge in [0, 0.05) is 12.4 Å². The number of carboxylic acids is 1. The summed E-state index contributed by atoms with van der Waals surface area (Å²) in [4.78, 5) is 15.2. The molecule has 0 bridgehead atoms. The highest BCUT2D eigenvalue weighted by Crippen LogP contribution is 2.26. The number of nitrogens with zero attached hydrogens (tertiary/aromatic N) is 1. The van der Waals surface area contributed by atoms with Crippen LogP contribution in [0, 0.1) is 6.92 Å². The van der Waals surface area contributed by atoms with E-state index in [1.54, 1.807) is 24.5 Å². The summed E-state index contributed by atoms with van der Waals surface area (Å²) in [5.74, 6) is -0.899. The molecule has 2 aromatic rings. The minimum Gasteiger partial charge on any atom is -0.478 e. The van der Waals surface area contributed by atoms with Crippen molar-refractivity contribution < 1.29 is 9.90 Å². The van der Waals surface area contributed by atoms with Crippen LogP contribution in [0.5, 0.6) is 0 Å². The Kier molecular flexibility index (Phi) is 3.99. The summed E-state index contributed by atoms with van der Waals surface area (Å²) in [6, 6.07) is 9.31. The maximum Gasteiger partial charge on any atom is 0.335 e. The molecular formula is C17H17NO2. The lowest BCUT2D eigenvalue weighted by atomic mass is 9.95. The van der Waals surface area contributed by atoms with E-state index in [9.17, 15) is 4.79 Å². The quantitative estimate of drug-likeness (QED) is 0.913. The second-order valence-electron chi connectivity index (χ2n) is 4.88. The van der Waals surface area contributed by atoms with Gasteiger partial charge in [0.05, 0.1) is 5.56 Å². The van der Waals surface area contributed by atoms with E-state index in [1.807, 2.05) is 39.0 Å². The van der Waals surface area contributed by atoms with Gasteiger partial charge in [-0.25, -0.2) is 4.79 Å². The largest absolute Gasteiger partial charge is 0.478 e. The smallest absolute Gasteiger partial charge is 0.335 e. The number of allylic oxidation sites excluding steroid dienone is 2. The third-order valence-corrected chi connectivity index (χ3v) is 3.43. The van der Waals surface area contributed by atoms with Crippen LogP contribution in [0.15, 0.2) is 42.7 Å². The normalized spacial score (nSPS) is 11.9. The van der Waals surface area contributed by atoms with Gasteiger partial charge in [0.25, 0.3) is 0 Å². The highest BCUT2D eigenvalue weighted by atomic mass is 16.4. The van der Waals surface area contributed by atoms with Gasteiger partial charge < -0.3 is 5.11 Å². The third-order valence-electron chi connectivity index (χ3n) is 3.43. The van der Waals surface area contributed by atoms with E-state index in [0.29, 0.717) is 5.56 Å². The first-order chi connectivity index (χ1) is 9.49. The molecule has 20 heavy (non-hydrogen) atoms. The zero-order chi connectivity index (χ0) is 14.7. The lowest BCUT2D eigenvalue weighted by Crippen LogP contribution is -1.98. The molecule has 1 heterocycles. The Labute approximate surface area is 118 Å². The molecule has 1 N–H and O–H groups in total. The summed E-state index contributed by atoms with van der Waals surface area (Å²) < 4.78 is 0. The number of aryl methyl sites for hydroxylation is 1. The SMILES string of the molecule is C/C(=C(\C)c1cc(C)cc(C(=O)O)c1)c1ccncc1. The Morgan fingerprint density at radius 2 is 1.50 bits per heavy atom. The molecule has 0 atom stereocenters. The van der Waals surface area contributed by atoms with Crippen molar-refractivity contribution in [3.05, 3.63) is 65.0 Å². The van der Waals surface area contributed by atoms with E-state index in [0.717, 1.165) is 27.8 Å². The standard InChI is InChI=1S/C17H17NO2/c1-11-8-15(10-16(9-11)17(19)20)13(3)12(2)14-4-6-18-7-5-14/h4-10H,1-3H3,(H,19,20)/b13-12-. The number of carbonyl (C=O) groups is 1. The van der Waals surface area contributed by atoms with Gasteiger partial charge in [0.2, 0.25) is 0 Å². The van der Waals surface area contributed by atoms with Crippen molar-refractivity contribution in [2.45, 2.75) is 20.8 Å². The second-order valence-corrected chi connectivity index (χ2v) is 4.88. The summed E-state index contributed by atoms with van der Waals surface area (Å²) in [6.45, 7) is 5.95. The molecule has 1 aromatic heterocycles. The Balaban J connectivity index is 2.53. The van der Waals surface area contributed by atoms with Crippen LogP contribution in [-0.2, 0) is 0 Å². The topological polar surface area (TPSA) is 50.2 Å². The van der Waals surface area contributed by atoms with E-state index in [-0.39, 0.29) is 0 Å². The molecule has 102 valence electrons. The molecule has 0 unspecified atom stereocenters. The summed E-state index contributed by atoms with van der Waals surface area (Å²) in [5, 5.41) is 9.15. The molecule has 0 saturated carbocycles. The van der Waals surface area contributed by atoms with Crippen molar-refractivity contribution in [3.8, 4) is 0 Å². The van der Waals surface area contributed by atoms with E-state index in [2.05, 4.69) is 4.98 Å². The molecule has 0 aliphatic heterocycles. The van der Waals surface area contributed by atoms with Crippen LogP contribution < -0.4 is 0 Å². The number of carboxylic acid groups (broad SMARTS) is 1. The average molecular weight is 267 g/mol. The lowest BCUT2D eigenvalue weighted by Gasteiger charge is -2.10. The fourth-order valence-corrected chi connectivity index (χ4v) is 2.16. The first-order valence-corrected chi connectivity index (χ1v) is 6.42. The molecule has 0 spiro atoms. The Morgan fingerprint density at radius 1 is 0.950 bits per heavy atom. The molecule has 3 nitrogen and oxygen atoms in total. The second kappa shape index (κ2) is 5.70. The van der Waals surface area contributed by atoms with Crippen LogP contribution in [-0.4, -0.2) is 16.1 Å². The number of benzene rings is 1. The lowest BCUT2D eigenvalue weighted by molar-refractivity contribution is 0.0696. The minimum absolute atomic E-state index is 0.321. The molecule has 0 fully saturated rings. The third kappa shape index (κ3) is 2.94. The van der Waals surface area contributed by atoms with Crippen molar-refractivity contribution in [3.63, 3.8) is 0 Å². The zero-order valence-corrected chi connectivity index (χ0v) is 11.8. The molecule has 0 amide bonds. The maximum absolute atomic E-state index is 11.1. The fraction of sp³-hybridized carbons (Fsp3) is 0.176. The molecule has 3 heteroatoms. The Bertz CT molecular complexity index is 673. The number of hydrogen-bond donors (Lipinski definition) is 1. The van der Waals surface area contributed by atoms with Gasteiger partial charge in [-0.2, -0.15) is 0 Å². The minimum atomic E-state index is -0.899. The number of pyridine rings is 1. The number of rotatable bonds is 3. The van der Waals surface area contributed by atoms with Gasteiger partial charge >= 0.3 is 5.97 Å². The maximum atomic E-state index is 11.1. The fourth-order valence-electron chi connectivity index (χ4n) is 2.16. The summed E-state index contributed by atoms with van der Waals surface area (Å²) in [6.07, 6.45) is 3.51. The Hall–Kier alpha value is -2.42. The molecular weight excluding hydrogens is 250 g/mol. The van der Waals surface area contributed by atoms with Crippen molar-refractivity contribution in [1.29, 1.82) is 0 Å². The van der Waals surface area contributed by atoms with Crippen LogP contribution in [0.3, 0.4) is 0 Å². The predicted octanol–water partition coefficient (Wildman–Crippen LogP) is 4.04. The monoisotopic (exact) mass is 267 g/mol. The van der Waals surface area contributed by atoms with Crippen molar-refractivity contribution in [1.82, 2.24) is 4.98 Å². The molecule has 0 saturated heterocycles. The van der Waals surface area contributed by atoms with Crippen LogP contribution in [0.1, 0.15) is 40.9 Å². The molecule has 0 aliphatic rings. The molecule has 0 radical (unpaired) electrons. The van der Waals surface area contributed by atoms with Crippen molar-refractivity contribution in [2.75, 3.05) is 0 Å². The van der Waals surface area contributed by atoms with Gasteiger partial charge in [0.15, 0.2) is 0 Å². The van der Waals surface area contributed by atoms with Crippen molar-refractivity contribution >= 4 is 17.1 Å². The zero-order valence-electron chi connectivity index (χ0n) is 11.8. The number of aromatic nitrogens is 1. The summed E-state index contributed by atoms with van der Waals surface area (Å²) >= 11 is 0. The highest BCUT2D eigenvalue weighted by Gasteiger charge is 2.09. The van der Waals surface area contributed by atoms with E-state index >= 15 is 0 Å². The van der Waals surface area contributed by atoms with Crippen LogP contribution in [0.2, 0.25) is 0 Å². The number of aromatic carboxylic acids is 1. The van der Waals surface area contributed by atoms with Gasteiger partial charge in [-0.3, -0.25) is 4.98 Å². The van der Waals surface area contributed by atoms with Crippen molar-refractivity contribution in [2.24, 2.45) is 0 Å². The highest BCUT2D eigenvalue weighted by molar-refractivity contribution is 5.93. The first-order valence-electron chi connectivity index (χ1n) is 6.42. The van der Waals surface area contributed by atoms with Gasteiger partial charge in [-0.05, 0) is 72.9 Å². The van der Waals surface area contributed by atoms with E-state index in [4.69, 9.17) is 5.11 Å². The van der Waals surface area contributed by atoms with E-state index < -0.39 is 5.97 Å². The number of hydrogen-bond acceptors (Lipinski definition) is 2. The molecule has 1 aromatic carbocycles. The molecule has 0 aliphatic carbocycles. The predicted molar refractivity (Wildman–Crippen MR) is 80.5 cm³/mol. The molecule has 2 rings (SSSR count). The van der Waals surface area contributed by atoms with Gasteiger partial charge in [-0.15, -0.1) is 0 Å². The summed E-state index contributed by atoms with van der Waals surface area (Å²) in [7, 11) is 0. The Morgan fingerprint density at radius 3 is 2.10 bits per heavy atom. The van der Waals surface area contributed by atoms with Gasteiger partial charge in [0.1, 0.15) is 0 Å². The van der Waals surface area contributed by atoms with Gasteiger partial charge in [-0.1, -0.05) is 6.07 Å². The first kappa shape index (κ1) is 14.0. The van der Waals surface area contributed by atoms with Crippen LogP contribution in [0.4, 0.5) is 0 Å².